The largest absolute Gasteiger partial charge is 0.497 e. The van der Waals surface area contributed by atoms with Gasteiger partial charge in [0, 0.05) is 22.2 Å². The fraction of sp³-hybridized carbons (Fsp3) is 0.133. The van der Waals surface area contributed by atoms with E-state index in [-0.39, 0.29) is 0 Å². The first-order valence-electron chi connectivity index (χ1n) is 5.66. The predicted molar refractivity (Wildman–Crippen MR) is 75.4 cm³/mol. The topological polar surface area (TPSA) is 35.5 Å². The third kappa shape index (κ3) is 2.71. The molecule has 4 heteroatoms. The van der Waals surface area contributed by atoms with E-state index in [4.69, 9.17) is 21.1 Å². The van der Waals surface area contributed by atoms with Crippen molar-refractivity contribution in [3.8, 4) is 22.6 Å². The van der Waals surface area contributed by atoms with Crippen LogP contribution in [0.15, 0.2) is 36.4 Å². The Bertz CT molecular complexity index is 608. The first-order valence-corrected chi connectivity index (χ1v) is 6.04. The standard InChI is InChI=1S/C15H13ClO3/c1-18-12-5-6-13(15(8-12)19-2)14-7-11(16)4-3-10(14)9-17/h3-9H,1-2H3. The van der Waals surface area contributed by atoms with Crippen molar-refractivity contribution in [2.75, 3.05) is 14.2 Å². The lowest BCUT2D eigenvalue weighted by Gasteiger charge is -2.12. The molecule has 98 valence electrons. The zero-order valence-corrected chi connectivity index (χ0v) is 11.4. The highest BCUT2D eigenvalue weighted by Crippen LogP contribution is 2.35. The van der Waals surface area contributed by atoms with Crippen LogP contribution in [0.3, 0.4) is 0 Å². The maximum absolute atomic E-state index is 11.1. The van der Waals surface area contributed by atoms with Crippen LogP contribution in [0.25, 0.3) is 11.1 Å². The van der Waals surface area contributed by atoms with Crippen LogP contribution in [0.4, 0.5) is 0 Å². The van der Waals surface area contributed by atoms with Crippen LogP contribution in [0.2, 0.25) is 5.02 Å². The van der Waals surface area contributed by atoms with Gasteiger partial charge in [0.05, 0.1) is 14.2 Å². The SMILES string of the molecule is COc1ccc(-c2cc(Cl)ccc2C=O)c(OC)c1. The molecule has 0 N–H and O–H groups in total. The molecule has 0 saturated carbocycles. The van der Waals surface area contributed by atoms with Gasteiger partial charge in [-0.2, -0.15) is 0 Å². The number of rotatable bonds is 4. The fourth-order valence-corrected chi connectivity index (χ4v) is 2.06. The van der Waals surface area contributed by atoms with Crippen molar-refractivity contribution in [2.24, 2.45) is 0 Å². The lowest BCUT2D eigenvalue weighted by atomic mass is 9.99. The summed E-state index contributed by atoms with van der Waals surface area (Å²) in [5.74, 6) is 1.32. The number of carbonyl (C=O) groups is 1. The Morgan fingerprint density at radius 2 is 1.79 bits per heavy atom. The molecule has 0 amide bonds. The zero-order valence-electron chi connectivity index (χ0n) is 10.6. The Labute approximate surface area is 116 Å². The second-order valence-corrected chi connectivity index (χ2v) is 4.35. The Morgan fingerprint density at radius 3 is 2.42 bits per heavy atom. The molecule has 0 heterocycles. The van der Waals surface area contributed by atoms with Gasteiger partial charge in [-0.05, 0) is 35.9 Å². The van der Waals surface area contributed by atoms with Gasteiger partial charge in [-0.15, -0.1) is 0 Å². The van der Waals surface area contributed by atoms with E-state index in [0.29, 0.717) is 22.1 Å². The Kier molecular flexibility index (Phi) is 4.07. The monoisotopic (exact) mass is 276 g/mol. The van der Waals surface area contributed by atoms with E-state index in [2.05, 4.69) is 0 Å². The molecule has 0 bridgehead atoms. The molecule has 19 heavy (non-hydrogen) atoms. The number of hydrogen-bond donors (Lipinski definition) is 0. The van der Waals surface area contributed by atoms with Gasteiger partial charge in [-0.3, -0.25) is 4.79 Å². The fourth-order valence-electron chi connectivity index (χ4n) is 1.89. The highest BCUT2D eigenvalue weighted by Gasteiger charge is 2.11. The van der Waals surface area contributed by atoms with E-state index >= 15 is 0 Å². The maximum atomic E-state index is 11.1. The summed E-state index contributed by atoms with van der Waals surface area (Å²) in [4.78, 5) is 11.1. The van der Waals surface area contributed by atoms with E-state index in [1.165, 1.54) is 0 Å². The van der Waals surface area contributed by atoms with E-state index < -0.39 is 0 Å². The third-order valence-electron chi connectivity index (χ3n) is 2.84. The number of methoxy groups -OCH3 is 2. The van der Waals surface area contributed by atoms with Gasteiger partial charge in [0.25, 0.3) is 0 Å². The summed E-state index contributed by atoms with van der Waals surface area (Å²) in [6.07, 6.45) is 0.801. The Morgan fingerprint density at radius 1 is 1.00 bits per heavy atom. The average molecular weight is 277 g/mol. The second kappa shape index (κ2) is 5.76. The van der Waals surface area contributed by atoms with Crippen LogP contribution in [0.1, 0.15) is 10.4 Å². The summed E-state index contributed by atoms with van der Waals surface area (Å²) in [5, 5.41) is 0.568. The number of ether oxygens (including phenoxy) is 2. The van der Waals surface area contributed by atoms with E-state index in [1.807, 2.05) is 12.1 Å². The summed E-state index contributed by atoms with van der Waals surface area (Å²) in [5.41, 5.74) is 2.10. The molecule has 3 nitrogen and oxygen atoms in total. The summed E-state index contributed by atoms with van der Waals surface area (Å²) in [6, 6.07) is 10.5. The van der Waals surface area contributed by atoms with Crippen LogP contribution < -0.4 is 9.47 Å². The maximum Gasteiger partial charge on any atom is 0.150 e. The van der Waals surface area contributed by atoms with Crippen molar-refractivity contribution in [3.63, 3.8) is 0 Å². The van der Waals surface area contributed by atoms with Crippen LogP contribution in [-0.2, 0) is 0 Å². The smallest absolute Gasteiger partial charge is 0.150 e. The van der Waals surface area contributed by atoms with Crippen molar-refractivity contribution in [2.45, 2.75) is 0 Å². The first kappa shape index (κ1) is 13.4. The Balaban J connectivity index is 2.64. The highest BCUT2D eigenvalue weighted by atomic mass is 35.5. The molecule has 0 atom stereocenters. The Hall–Kier alpha value is -2.00. The highest BCUT2D eigenvalue weighted by molar-refractivity contribution is 6.31. The predicted octanol–water partition coefficient (Wildman–Crippen LogP) is 3.84. The van der Waals surface area contributed by atoms with Gasteiger partial charge < -0.3 is 9.47 Å². The van der Waals surface area contributed by atoms with Gasteiger partial charge in [-0.25, -0.2) is 0 Å². The lowest BCUT2D eigenvalue weighted by Crippen LogP contribution is -1.93. The molecule has 0 radical (unpaired) electrons. The number of aldehydes is 1. The molecule has 0 aliphatic heterocycles. The number of halogens is 1. The van der Waals surface area contributed by atoms with Gasteiger partial charge in [-0.1, -0.05) is 11.6 Å². The number of benzene rings is 2. The molecule has 0 saturated heterocycles. The van der Waals surface area contributed by atoms with E-state index in [9.17, 15) is 4.79 Å². The second-order valence-electron chi connectivity index (χ2n) is 3.92. The molecule has 2 aromatic carbocycles. The molecular formula is C15H13ClO3. The molecular weight excluding hydrogens is 264 g/mol. The summed E-state index contributed by atoms with van der Waals surface area (Å²) >= 11 is 6.00. The molecule has 0 aromatic heterocycles. The molecule has 0 aliphatic rings. The molecule has 0 aliphatic carbocycles. The number of hydrogen-bond acceptors (Lipinski definition) is 3. The molecule has 0 fully saturated rings. The van der Waals surface area contributed by atoms with Crippen LogP contribution in [-0.4, -0.2) is 20.5 Å². The van der Waals surface area contributed by atoms with Crippen molar-refractivity contribution in [3.05, 3.63) is 47.0 Å². The number of carbonyl (C=O) groups excluding carboxylic acids is 1. The van der Waals surface area contributed by atoms with Crippen molar-refractivity contribution < 1.29 is 14.3 Å². The lowest BCUT2D eigenvalue weighted by molar-refractivity contribution is 0.112. The van der Waals surface area contributed by atoms with Crippen LogP contribution >= 0.6 is 11.6 Å². The van der Waals surface area contributed by atoms with Gasteiger partial charge in [0.15, 0.2) is 6.29 Å². The molecule has 2 rings (SSSR count). The summed E-state index contributed by atoms with van der Waals surface area (Å²) in [7, 11) is 3.16. The van der Waals surface area contributed by atoms with Crippen LogP contribution in [0.5, 0.6) is 11.5 Å². The minimum atomic E-state index is 0.563. The summed E-state index contributed by atoms with van der Waals surface area (Å²) in [6.45, 7) is 0. The average Bonchev–Trinajstić information content (AvgIpc) is 2.46. The molecule has 0 spiro atoms. The van der Waals surface area contributed by atoms with Gasteiger partial charge >= 0.3 is 0 Å². The normalized spacial score (nSPS) is 10.1. The third-order valence-corrected chi connectivity index (χ3v) is 3.08. The van der Waals surface area contributed by atoms with Crippen LogP contribution in [0, 0.1) is 0 Å². The van der Waals surface area contributed by atoms with Crippen molar-refractivity contribution in [1.82, 2.24) is 0 Å². The van der Waals surface area contributed by atoms with Crippen molar-refractivity contribution >= 4 is 17.9 Å². The quantitative estimate of drug-likeness (QED) is 0.796. The first-order chi connectivity index (χ1) is 9.19. The van der Waals surface area contributed by atoms with E-state index in [0.717, 1.165) is 17.4 Å². The summed E-state index contributed by atoms with van der Waals surface area (Å²) < 4.78 is 10.5. The van der Waals surface area contributed by atoms with Gasteiger partial charge in [0.2, 0.25) is 0 Å². The molecule has 0 unspecified atom stereocenters. The molecule has 2 aromatic rings. The van der Waals surface area contributed by atoms with Crippen molar-refractivity contribution in [1.29, 1.82) is 0 Å². The minimum absolute atomic E-state index is 0.563. The zero-order chi connectivity index (χ0) is 13.8. The minimum Gasteiger partial charge on any atom is -0.497 e. The van der Waals surface area contributed by atoms with E-state index in [1.54, 1.807) is 38.5 Å². The van der Waals surface area contributed by atoms with Gasteiger partial charge in [0.1, 0.15) is 11.5 Å².